The average molecular weight is 289 g/mol. The van der Waals surface area contributed by atoms with Crippen molar-refractivity contribution in [2.24, 2.45) is 0 Å². The normalized spacial score (nSPS) is 10.5. The SMILES string of the molecule is CCCN(CC(=O)O)c1nccc2cc([N+](=O)[O-])ccc12. The molecule has 2 rings (SSSR count). The Hall–Kier alpha value is -2.70. The number of carbonyl (C=O) groups is 1. The number of pyridine rings is 1. The Bertz CT molecular complexity index is 687. The average Bonchev–Trinajstić information content (AvgIpc) is 2.45. The molecule has 0 fully saturated rings. The maximum absolute atomic E-state index is 11.0. The van der Waals surface area contributed by atoms with Crippen LogP contribution in [0.1, 0.15) is 13.3 Å². The number of anilines is 1. The third kappa shape index (κ3) is 3.25. The second-order valence-corrected chi connectivity index (χ2v) is 4.61. The van der Waals surface area contributed by atoms with Crippen molar-refractivity contribution in [3.05, 3.63) is 40.6 Å². The molecular weight excluding hydrogens is 274 g/mol. The number of aromatic nitrogens is 1. The Balaban J connectivity index is 2.51. The molecule has 0 aliphatic carbocycles. The highest BCUT2D eigenvalue weighted by molar-refractivity contribution is 5.94. The van der Waals surface area contributed by atoms with Gasteiger partial charge in [-0.25, -0.2) is 4.98 Å². The summed E-state index contributed by atoms with van der Waals surface area (Å²) in [6.07, 6.45) is 2.31. The summed E-state index contributed by atoms with van der Waals surface area (Å²) < 4.78 is 0. The highest BCUT2D eigenvalue weighted by Gasteiger charge is 2.15. The zero-order valence-corrected chi connectivity index (χ0v) is 11.5. The lowest BCUT2D eigenvalue weighted by molar-refractivity contribution is -0.384. The fourth-order valence-electron chi connectivity index (χ4n) is 2.21. The monoisotopic (exact) mass is 289 g/mol. The third-order valence-electron chi connectivity index (χ3n) is 3.06. The van der Waals surface area contributed by atoms with Gasteiger partial charge >= 0.3 is 5.97 Å². The third-order valence-corrected chi connectivity index (χ3v) is 3.06. The van der Waals surface area contributed by atoms with Crippen LogP contribution < -0.4 is 4.90 Å². The van der Waals surface area contributed by atoms with E-state index in [1.54, 1.807) is 17.0 Å². The van der Waals surface area contributed by atoms with E-state index in [0.717, 1.165) is 6.42 Å². The maximum Gasteiger partial charge on any atom is 0.323 e. The second kappa shape index (κ2) is 6.17. The Morgan fingerprint density at radius 3 is 2.81 bits per heavy atom. The number of rotatable bonds is 6. The fourth-order valence-corrected chi connectivity index (χ4v) is 2.21. The van der Waals surface area contributed by atoms with Crippen molar-refractivity contribution in [2.75, 3.05) is 18.0 Å². The molecule has 0 amide bonds. The Kier molecular flexibility index (Phi) is 4.32. The molecule has 0 saturated carbocycles. The highest BCUT2D eigenvalue weighted by Crippen LogP contribution is 2.27. The van der Waals surface area contributed by atoms with Crippen LogP contribution in [0.4, 0.5) is 11.5 Å². The summed E-state index contributed by atoms with van der Waals surface area (Å²) in [6, 6.07) is 6.15. The van der Waals surface area contributed by atoms with Crippen molar-refractivity contribution in [3.63, 3.8) is 0 Å². The standard InChI is InChI=1S/C14H15N3O4/c1-2-7-16(9-13(18)19)14-12-4-3-11(17(20)21)8-10(12)5-6-15-14/h3-6,8H,2,7,9H2,1H3,(H,18,19). The number of carboxylic acids is 1. The molecule has 1 aromatic heterocycles. The van der Waals surface area contributed by atoms with E-state index in [1.807, 2.05) is 6.92 Å². The quantitative estimate of drug-likeness (QED) is 0.648. The zero-order valence-electron chi connectivity index (χ0n) is 11.5. The first kappa shape index (κ1) is 14.7. The van der Waals surface area contributed by atoms with Crippen molar-refractivity contribution in [1.82, 2.24) is 4.98 Å². The summed E-state index contributed by atoms with van der Waals surface area (Å²) in [5.41, 5.74) is -0.0000684. The number of nitro groups is 1. The molecule has 1 aromatic carbocycles. The van der Waals surface area contributed by atoms with Crippen LogP contribution in [0.3, 0.4) is 0 Å². The molecule has 1 N–H and O–H groups in total. The minimum Gasteiger partial charge on any atom is -0.480 e. The van der Waals surface area contributed by atoms with E-state index < -0.39 is 10.9 Å². The van der Waals surface area contributed by atoms with E-state index >= 15 is 0 Å². The fraction of sp³-hybridized carbons (Fsp3) is 0.286. The molecular formula is C14H15N3O4. The van der Waals surface area contributed by atoms with Crippen molar-refractivity contribution in [1.29, 1.82) is 0 Å². The Morgan fingerprint density at radius 1 is 1.43 bits per heavy atom. The molecule has 0 saturated heterocycles. The second-order valence-electron chi connectivity index (χ2n) is 4.61. The molecule has 0 atom stereocenters. The van der Waals surface area contributed by atoms with Crippen molar-refractivity contribution in [3.8, 4) is 0 Å². The van der Waals surface area contributed by atoms with E-state index in [-0.39, 0.29) is 12.2 Å². The van der Waals surface area contributed by atoms with Gasteiger partial charge in [-0.1, -0.05) is 6.92 Å². The van der Waals surface area contributed by atoms with Gasteiger partial charge in [-0.15, -0.1) is 0 Å². The minimum absolute atomic E-state index is 0.0000684. The molecule has 0 spiro atoms. The van der Waals surface area contributed by atoms with Crippen LogP contribution in [0.25, 0.3) is 10.8 Å². The smallest absolute Gasteiger partial charge is 0.323 e. The summed E-state index contributed by atoms with van der Waals surface area (Å²) >= 11 is 0. The lowest BCUT2D eigenvalue weighted by Crippen LogP contribution is -2.31. The molecule has 0 aliphatic rings. The number of hydrogen-bond acceptors (Lipinski definition) is 5. The minimum atomic E-state index is -0.941. The van der Waals surface area contributed by atoms with Gasteiger partial charge in [0.1, 0.15) is 12.4 Å². The number of fused-ring (bicyclic) bond motifs is 1. The molecule has 1 heterocycles. The highest BCUT2D eigenvalue weighted by atomic mass is 16.6. The van der Waals surface area contributed by atoms with Gasteiger partial charge in [-0.2, -0.15) is 0 Å². The lowest BCUT2D eigenvalue weighted by atomic mass is 10.1. The van der Waals surface area contributed by atoms with Crippen LogP contribution in [0.5, 0.6) is 0 Å². The van der Waals surface area contributed by atoms with E-state index in [1.165, 1.54) is 18.3 Å². The van der Waals surface area contributed by atoms with Crippen molar-refractivity contribution in [2.45, 2.75) is 13.3 Å². The zero-order chi connectivity index (χ0) is 15.4. The summed E-state index contributed by atoms with van der Waals surface area (Å²) in [6.45, 7) is 2.34. The summed E-state index contributed by atoms with van der Waals surface area (Å²) in [5, 5.41) is 21.2. The molecule has 2 aromatic rings. The number of benzene rings is 1. The van der Waals surface area contributed by atoms with Crippen LogP contribution in [0.2, 0.25) is 0 Å². The molecule has 0 bridgehead atoms. The van der Waals surface area contributed by atoms with Gasteiger partial charge < -0.3 is 10.0 Å². The molecule has 7 heteroatoms. The molecule has 0 aliphatic heterocycles. The Morgan fingerprint density at radius 2 is 2.19 bits per heavy atom. The van der Waals surface area contributed by atoms with Gasteiger partial charge in [0.15, 0.2) is 0 Å². The molecule has 110 valence electrons. The van der Waals surface area contributed by atoms with Crippen LogP contribution >= 0.6 is 0 Å². The van der Waals surface area contributed by atoms with E-state index in [0.29, 0.717) is 23.1 Å². The van der Waals surface area contributed by atoms with Gasteiger partial charge in [-0.05, 0) is 23.9 Å². The first-order valence-electron chi connectivity index (χ1n) is 6.53. The summed E-state index contributed by atoms with van der Waals surface area (Å²) in [5.74, 6) is -0.407. The van der Waals surface area contributed by atoms with E-state index in [9.17, 15) is 14.9 Å². The van der Waals surface area contributed by atoms with Gasteiger partial charge in [0.2, 0.25) is 0 Å². The van der Waals surface area contributed by atoms with Gasteiger partial charge in [0.25, 0.3) is 5.69 Å². The number of aliphatic carboxylic acids is 1. The van der Waals surface area contributed by atoms with E-state index in [4.69, 9.17) is 5.11 Å². The molecule has 0 unspecified atom stereocenters. The summed E-state index contributed by atoms with van der Waals surface area (Å²) in [7, 11) is 0. The maximum atomic E-state index is 11.0. The van der Waals surface area contributed by atoms with Gasteiger partial charge in [0, 0.05) is 30.3 Å². The topological polar surface area (TPSA) is 96.6 Å². The lowest BCUT2D eigenvalue weighted by Gasteiger charge is -2.22. The number of carboxylic acid groups (broad SMARTS) is 1. The first-order valence-corrected chi connectivity index (χ1v) is 6.53. The van der Waals surface area contributed by atoms with Crippen LogP contribution in [0, 0.1) is 10.1 Å². The van der Waals surface area contributed by atoms with Crippen LogP contribution in [-0.4, -0.2) is 34.1 Å². The molecule has 7 nitrogen and oxygen atoms in total. The number of non-ortho nitro benzene ring substituents is 1. The first-order chi connectivity index (χ1) is 10.0. The predicted octanol–water partition coefficient (Wildman–Crippen LogP) is 2.44. The predicted molar refractivity (Wildman–Crippen MR) is 78.5 cm³/mol. The summed E-state index contributed by atoms with van der Waals surface area (Å²) in [4.78, 5) is 27.2. The molecule has 0 radical (unpaired) electrons. The Labute approximate surface area is 121 Å². The van der Waals surface area contributed by atoms with Crippen molar-refractivity contribution >= 4 is 28.2 Å². The molecule has 21 heavy (non-hydrogen) atoms. The number of hydrogen-bond donors (Lipinski definition) is 1. The van der Waals surface area contributed by atoms with Gasteiger partial charge in [-0.3, -0.25) is 14.9 Å². The largest absolute Gasteiger partial charge is 0.480 e. The number of nitrogens with zero attached hydrogens (tertiary/aromatic N) is 3. The van der Waals surface area contributed by atoms with Gasteiger partial charge in [0.05, 0.1) is 4.92 Å². The van der Waals surface area contributed by atoms with Crippen LogP contribution in [0.15, 0.2) is 30.5 Å². The van der Waals surface area contributed by atoms with Crippen molar-refractivity contribution < 1.29 is 14.8 Å². The van der Waals surface area contributed by atoms with Crippen LogP contribution in [-0.2, 0) is 4.79 Å². The number of nitro benzene ring substituents is 1. The van der Waals surface area contributed by atoms with E-state index in [2.05, 4.69) is 4.98 Å².